The van der Waals surface area contributed by atoms with Crippen LogP contribution in [0.5, 0.6) is 0 Å². The van der Waals surface area contributed by atoms with Crippen molar-refractivity contribution in [3.05, 3.63) is 23.8 Å². The van der Waals surface area contributed by atoms with Gasteiger partial charge < -0.3 is 14.5 Å². The van der Waals surface area contributed by atoms with Crippen LogP contribution < -0.4 is 9.80 Å². The number of likely N-dealkylation sites (tertiary alicyclic amines) is 1. The highest BCUT2D eigenvalue weighted by Crippen LogP contribution is 2.34. The number of nitrogens with zero attached hydrogens (tertiary/aromatic N) is 3. The molecule has 3 aliphatic heterocycles. The summed E-state index contributed by atoms with van der Waals surface area (Å²) < 4.78 is 5.56. The van der Waals surface area contributed by atoms with Gasteiger partial charge in [-0.25, -0.2) is 4.79 Å². The fourth-order valence-corrected chi connectivity index (χ4v) is 4.71. The Hall–Kier alpha value is -2.24. The molecule has 3 heterocycles. The third-order valence-electron chi connectivity index (χ3n) is 6.09. The Morgan fingerprint density at radius 2 is 1.76 bits per heavy atom. The summed E-state index contributed by atoms with van der Waals surface area (Å²) in [6.45, 7) is 9.05. The molecule has 158 valence electrons. The largest absolute Gasteiger partial charge is 0.444 e. The van der Waals surface area contributed by atoms with Gasteiger partial charge in [-0.1, -0.05) is 6.07 Å². The summed E-state index contributed by atoms with van der Waals surface area (Å²) in [7, 11) is 0. The molecule has 0 radical (unpaired) electrons. The van der Waals surface area contributed by atoms with Crippen molar-refractivity contribution in [1.82, 2.24) is 4.90 Å². The third kappa shape index (κ3) is 4.21. The Morgan fingerprint density at radius 1 is 1.00 bits per heavy atom. The maximum atomic E-state index is 13.5. The van der Waals surface area contributed by atoms with Gasteiger partial charge in [0.1, 0.15) is 11.6 Å². The molecule has 0 spiro atoms. The maximum Gasteiger partial charge on any atom is 0.410 e. The predicted octanol–water partition coefficient (Wildman–Crippen LogP) is 3.97. The van der Waals surface area contributed by atoms with Crippen LogP contribution in [-0.2, 0) is 16.0 Å². The fourth-order valence-electron chi connectivity index (χ4n) is 4.71. The molecule has 2 amide bonds. The van der Waals surface area contributed by atoms with Crippen LogP contribution in [0.1, 0.15) is 58.4 Å². The molecule has 2 saturated heterocycles. The van der Waals surface area contributed by atoms with Gasteiger partial charge in [-0.2, -0.15) is 0 Å². The molecule has 6 nitrogen and oxygen atoms in total. The maximum absolute atomic E-state index is 13.5. The van der Waals surface area contributed by atoms with E-state index in [2.05, 4.69) is 23.1 Å². The topological polar surface area (TPSA) is 53.1 Å². The molecule has 0 N–H and O–H groups in total. The van der Waals surface area contributed by atoms with Crippen LogP contribution in [0.4, 0.5) is 16.2 Å². The molecular formula is C23H33N3O3. The fraction of sp³-hybridized carbons (Fsp3) is 0.652. The average molecular weight is 400 g/mol. The van der Waals surface area contributed by atoms with Gasteiger partial charge in [-0.3, -0.25) is 9.69 Å². The van der Waals surface area contributed by atoms with Crippen LogP contribution in [0.3, 0.4) is 0 Å². The summed E-state index contributed by atoms with van der Waals surface area (Å²) in [5.74, 6) is 0.0351. The zero-order valence-electron chi connectivity index (χ0n) is 17.9. The highest BCUT2D eigenvalue weighted by atomic mass is 16.6. The second-order valence-corrected chi connectivity index (χ2v) is 9.43. The quantitative estimate of drug-likeness (QED) is 0.755. The molecule has 1 aromatic rings. The van der Waals surface area contributed by atoms with Gasteiger partial charge in [0.2, 0.25) is 5.91 Å². The number of rotatable bonds is 2. The van der Waals surface area contributed by atoms with Crippen LogP contribution >= 0.6 is 0 Å². The normalized spacial score (nSPS) is 22.0. The Kier molecular flexibility index (Phi) is 5.45. The van der Waals surface area contributed by atoms with Crippen molar-refractivity contribution in [3.8, 4) is 0 Å². The van der Waals surface area contributed by atoms with Gasteiger partial charge in [0.15, 0.2) is 0 Å². The second kappa shape index (κ2) is 7.88. The minimum Gasteiger partial charge on any atom is -0.444 e. The van der Waals surface area contributed by atoms with Gasteiger partial charge in [0.25, 0.3) is 0 Å². The monoisotopic (exact) mass is 399 g/mol. The van der Waals surface area contributed by atoms with E-state index >= 15 is 0 Å². The first-order chi connectivity index (χ1) is 13.8. The van der Waals surface area contributed by atoms with Gasteiger partial charge in [0, 0.05) is 37.6 Å². The minimum atomic E-state index is -0.560. The van der Waals surface area contributed by atoms with Crippen molar-refractivity contribution in [1.29, 1.82) is 0 Å². The Morgan fingerprint density at radius 3 is 2.48 bits per heavy atom. The molecule has 29 heavy (non-hydrogen) atoms. The minimum absolute atomic E-state index is 0.0351. The zero-order valence-corrected chi connectivity index (χ0v) is 17.9. The summed E-state index contributed by atoms with van der Waals surface area (Å²) in [5.41, 5.74) is 2.91. The lowest BCUT2D eigenvalue weighted by atomic mass is 9.99. The molecule has 0 saturated carbocycles. The van der Waals surface area contributed by atoms with Crippen LogP contribution in [0.15, 0.2) is 18.2 Å². The molecular weight excluding hydrogens is 366 g/mol. The van der Waals surface area contributed by atoms with Gasteiger partial charge in [-0.15, -0.1) is 0 Å². The van der Waals surface area contributed by atoms with Crippen molar-refractivity contribution < 1.29 is 14.3 Å². The zero-order chi connectivity index (χ0) is 20.6. The molecule has 4 rings (SSSR count). The van der Waals surface area contributed by atoms with Crippen molar-refractivity contribution in [2.24, 2.45) is 0 Å². The van der Waals surface area contributed by atoms with E-state index in [9.17, 15) is 9.59 Å². The van der Waals surface area contributed by atoms with Crippen LogP contribution in [0, 0.1) is 0 Å². The Labute approximate surface area is 173 Å². The number of benzene rings is 1. The van der Waals surface area contributed by atoms with Gasteiger partial charge in [0.05, 0.1) is 0 Å². The van der Waals surface area contributed by atoms with E-state index in [1.165, 1.54) is 24.1 Å². The first-order valence-corrected chi connectivity index (χ1v) is 11.0. The van der Waals surface area contributed by atoms with Crippen molar-refractivity contribution in [2.75, 3.05) is 36.0 Å². The summed E-state index contributed by atoms with van der Waals surface area (Å²) in [4.78, 5) is 32.2. The first kappa shape index (κ1) is 20.0. The second-order valence-electron chi connectivity index (χ2n) is 9.43. The van der Waals surface area contributed by atoms with Crippen molar-refractivity contribution in [3.63, 3.8) is 0 Å². The van der Waals surface area contributed by atoms with Crippen molar-refractivity contribution in [2.45, 2.75) is 70.9 Å². The first-order valence-electron chi connectivity index (χ1n) is 11.0. The SMILES string of the molecule is CC(C)(C)OC(=O)N1CCCC1C(=O)N1CCCc2ccc(N3CCCC3)cc21. The van der Waals surface area contributed by atoms with E-state index in [0.717, 1.165) is 38.0 Å². The van der Waals surface area contributed by atoms with Gasteiger partial charge >= 0.3 is 6.09 Å². The Balaban J connectivity index is 1.56. The van der Waals surface area contributed by atoms with E-state index in [1.807, 2.05) is 25.7 Å². The van der Waals surface area contributed by atoms with Crippen LogP contribution in [0.25, 0.3) is 0 Å². The lowest BCUT2D eigenvalue weighted by Gasteiger charge is -2.35. The number of carbonyl (C=O) groups is 2. The molecule has 0 aliphatic carbocycles. The molecule has 1 aromatic carbocycles. The van der Waals surface area contributed by atoms with Crippen molar-refractivity contribution >= 4 is 23.4 Å². The lowest BCUT2D eigenvalue weighted by molar-refractivity contribution is -0.123. The smallest absolute Gasteiger partial charge is 0.410 e. The Bertz CT molecular complexity index is 780. The summed E-state index contributed by atoms with van der Waals surface area (Å²) in [6, 6.07) is 6.14. The molecule has 6 heteroatoms. The number of amides is 2. The van der Waals surface area contributed by atoms with E-state index in [-0.39, 0.29) is 12.0 Å². The summed E-state index contributed by atoms with van der Waals surface area (Å²) in [5, 5.41) is 0. The summed E-state index contributed by atoms with van der Waals surface area (Å²) in [6.07, 6.45) is 5.58. The lowest BCUT2D eigenvalue weighted by Crippen LogP contribution is -2.50. The van der Waals surface area contributed by atoms with E-state index in [4.69, 9.17) is 4.74 Å². The van der Waals surface area contributed by atoms with E-state index < -0.39 is 11.6 Å². The predicted molar refractivity (Wildman–Crippen MR) is 115 cm³/mol. The molecule has 0 bridgehead atoms. The number of aryl methyl sites for hydroxylation is 1. The number of fused-ring (bicyclic) bond motifs is 1. The van der Waals surface area contributed by atoms with E-state index in [0.29, 0.717) is 19.5 Å². The number of anilines is 2. The highest BCUT2D eigenvalue weighted by Gasteiger charge is 2.40. The average Bonchev–Trinajstić information content (AvgIpc) is 3.37. The third-order valence-corrected chi connectivity index (χ3v) is 6.09. The molecule has 1 atom stereocenters. The van der Waals surface area contributed by atoms with Crippen LogP contribution in [-0.4, -0.2) is 54.7 Å². The molecule has 3 aliphatic rings. The van der Waals surface area contributed by atoms with Crippen LogP contribution in [0.2, 0.25) is 0 Å². The van der Waals surface area contributed by atoms with E-state index in [1.54, 1.807) is 4.90 Å². The molecule has 2 fully saturated rings. The number of hydrogen-bond donors (Lipinski definition) is 0. The number of hydrogen-bond acceptors (Lipinski definition) is 4. The summed E-state index contributed by atoms with van der Waals surface area (Å²) >= 11 is 0. The number of carbonyl (C=O) groups excluding carboxylic acids is 2. The number of ether oxygens (including phenoxy) is 1. The standard InChI is InChI=1S/C23H33N3O3/c1-23(2,3)29-22(28)26-15-7-9-19(26)21(27)25-14-6-8-17-10-11-18(16-20(17)25)24-12-4-5-13-24/h10-11,16,19H,4-9,12-15H2,1-3H3. The highest BCUT2D eigenvalue weighted by molar-refractivity contribution is 6.00. The molecule has 1 unspecified atom stereocenters. The van der Waals surface area contributed by atoms with Gasteiger partial charge in [-0.05, 0) is 77.0 Å². The molecule has 0 aromatic heterocycles.